The van der Waals surface area contributed by atoms with E-state index in [-0.39, 0.29) is 12.3 Å². The molecule has 0 aliphatic heterocycles. The Morgan fingerprint density at radius 2 is 1.62 bits per heavy atom. The van der Waals surface area contributed by atoms with Gasteiger partial charge in [0.1, 0.15) is 12.2 Å². The lowest BCUT2D eigenvalue weighted by molar-refractivity contribution is 0.0967. The van der Waals surface area contributed by atoms with E-state index < -0.39 is 0 Å². The lowest BCUT2D eigenvalue weighted by atomic mass is 10.0. The van der Waals surface area contributed by atoms with Crippen LogP contribution >= 0.6 is 0 Å². The molecule has 0 radical (unpaired) electrons. The van der Waals surface area contributed by atoms with E-state index >= 15 is 0 Å². The van der Waals surface area contributed by atoms with Crippen LogP contribution in [0.5, 0.6) is 0 Å². The Balaban J connectivity index is 1.56. The predicted octanol–water partition coefficient (Wildman–Crippen LogP) is 3.98. The van der Waals surface area contributed by atoms with Crippen LogP contribution in [-0.4, -0.2) is 20.8 Å². The van der Waals surface area contributed by atoms with Crippen LogP contribution in [0.2, 0.25) is 0 Å². The van der Waals surface area contributed by atoms with Crippen LogP contribution in [0, 0.1) is 0 Å². The highest BCUT2D eigenvalue weighted by Gasteiger charge is 2.10. The Morgan fingerprint density at radius 3 is 2.46 bits per heavy atom. The maximum absolute atomic E-state index is 12.5. The van der Waals surface area contributed by atoms with Gasteiger partial charge >= 0.3 is 0 Å². The van der Waals surface area contributed by atoms with E-state index in [1.807, 2.05) is 72.8 Å². The van der Waals surface area contributed by atoms with Crippen LogP contribution in [0.15, 0.2) is 79.0 Å². The summed E-state index contributed by atoms with van der Waals surface area (Å²) in [7, 11) is 0. The molecule has 0 bridgehead atoms. The molecule has 0 N–H and O–H groups in total. The summed E-state index contributed by atoms with van der Waals surface area (Å²) in [5, 5.41) is 10.4. The molecule has 0 saturated carbocycles. The lowest BCUT2D eigenvalue weighted by Crippen LogP contribution is -2.11. The summed E-state index contributed by atoms with van der Waals surface area (Å²) in [5.74, 6) is 0.0188. The number of ketones is 1. The van der Waals surface area contributed by atoms with Gasteiger partial charge in [-0.05, 0) is 16.8 Å². The van der Waals surface area contributed by atoms with Crippen molar-refractivity contribution in [2.24, 2.45) is 0 Å². The molecule has 3 aromatic carbocycles. The number of carbonyl (C=O) groups is 1. The first-order valence-electron chi connectivity index (χ1n) is 7.77. The monoisotopic (exact) mass is 313 g/mol. The maximum atomic E-state index is 12.5. The van der Waals surface area contributed by atoms with Crippen LogP contribution < -0.4 is 0 Å². The average molecular weight is 313 g/mol. The first-order chi connectivity index (χ1) is 11.8. The lowest BCUT2D eigenvalue weighted by Gasteiger charge is -2.03. The summed E-state index contributed by atoms with van der Waals surface area (Å²) in [4.78, 5) is 12.5. The zero-order valence-electron chi connectivity index (χ0n) is 13.0. The topological polar surface area (TPSA) is 47.8 Å². The van der Waals surface area contributed by atoms with Crippen molar-refractivity contribution in [3.05, 3.63) is 84.6 Å². The molecule has 116 valence electrons. The average Bonchev–Trinajstić information content (AvgIpc) is 3.10. The standard InChI is InChI=1S/C20H15N3O/c24-20(18-11-10-15-6-4-5-9-17(15)12-18)14-23-13-19(21-22-23)16-7-2-1-3-8-16/h1-13H,14H2. The highest BCUT2D eigenvalue weighted by atomic mass is 16.1. The SMILES string of the molecule is O=C(Cn1cc(-c2ccccc2)nn1)c1ccc2ccccc2c1. The van der Waals surface area contributed by atoms with E-state index in [2.05, 4.69) is 10.3 Å². The molecule has 4 nitrogen and oxygen atoms in total. The van der Waals surface area contributed by atoms with Crippen LogP contribution in [-0.2, 0) is 6.54 Å². The van der Waals surface area contributed by atoms with Crippen molar-refractivity contribution < 1.29 is 4.79 Å². The van der Waals surface area contributed by atoms with Gasteiger partial charge in [-0.25, -0.2) is 4.68 Å². The molecule has 1 aromatic heterocycles. The van der Waals surface area contributed by atoms with Crippen LogP contribution in [0.1, 0.15) is 10.4 Å². The summed E-state index contributed by atoms with van der Waals surface area (Å²) in [6, 6.07) is 23.6. The van der Waals surface area contributed by atoms with Crippen LogP contribution in [0.4, 0.5) is 0 Å². The van der Waals surface area contributed by atoms with Gasteiger partial charge in [0, 0.05) is 11.1 Å². The summed E-state index contributed by atoms with van der Waals surface area (Å²) in [6.45, 7) is 0.179. The fourth-order valence-corrected chi connectivity index (χ4v) is 2.72. The molecule has 4 aromatic rings. The molecular formula is C20H15N3O. The summed E-state index contributed by atoms with van der Waals surface area (Å²) in [6.07, 6.45) is 1.80. The molecular weight excluding hydrogens is 298 g/mol. The van der Waals surface area contributed by atoms with Crippen molar-refractivity contribution in [3.8, 4) is 11.3 Å². The maximum Gasteiger partial charge on any atom is 0.184 e. The summed E-state index contributed by atoms with van der Waals surface area (Å²) in [5.41, 5.74) is 2.44. The van der Waals surface area contributed by atoms with E-state index in [1.54, 1.807) is 10.9 Å². The third kappa shape index (κ3) is 2.82. The van der Waals surface area contributed by atoms with Crippen molar-refractivity contribution in [1.82, 2.24) is 15.0 Å². The van der Waals surface area contributed by atoms with E-state index in [0.29, 0.717) is 5.56 Å². The molecule has 1 heterocycles. The molecule has 0 spiro atoms. The van der Waals surface area contributed by atoms with Gasteiger partial charge in [-0.3, -0.25) is 4.79 Å². The third-order valence-corrected chi connectivity index (χ3v) is 3.99. The van der Waals surface area contributed by atoms with E-state index in [1.165, 1.54) is 0 Å². The Bertz CT molecular complexity index is 1010. The third-order valence-electron chi connectivity index (χ3n) is 3.99. The molecule has 4 heteroatoms. The quantitative estimate of drug-likeness (QED) is 0.535. The van der Waals surface area contributed by atoms with Gasteiger partial charge in [0.05, 0.1) is 6.20 Å². The number of aromatic nitrogens is 3. The van der Waals surface area contributed by atoms with Crippen molar-refractivity contribution in [2.75, 3.05) is 0 Å². The predicted molar refractivity (Wildman–Crippen MR) is 93.7 cm³/mol. The number of carbonyl (C=O) groups excluding carboxylic acids is 1. The number of hydrogen-bond acceptors (Lipinski definition) is 3. The largest absolute Gasteiger partial charge is 0.292 e. The molecule has 0 saturated heterocycles. The second-order valence-corrected chi connectivity index (χ2v) is 5.65. The van der Waals surface area contributed by atoms with Crippen molar-refractivity contribution in [2.45, 2.75) is 6.54 Å². The smallest absolute Gasteiger partial charge is 0.184 e. The van der Waals surface area contributed by atoms with Crippen LogP contribution in [0.25, 0.3) is 22.0 Å². The summed E-state index contributed by atoms with van der Waals surface area (Å²) < 4.78 is 1.58. The Labute approximate surface area is 139 Å². The number of fused-ring (bicyclic) bond motifs is 1. The van der Waals surface area contributed by atoms with E-state index in [0.717, 1.165) is 22.0 Å². The minimum atomic E-state index is 0.0188. The van der Waals surface area contributed by atoms with Crippen molar-refractivity contribution in [1.29, 1.82) is 0 Å². The highest BCUT2D eigenvalue weighted by molar-refractivity contribution is 5.99. The van der Waals surface area contributed by atoms with E-state index in [4.69, 9.17) is 0 Å². The fraction of sp³-hybridized carbons (Fsp3) is 0.0500. The molecule has 0 fully saturated rings. The molecule has 0 unspecified atom stereocenters. The first-order valence-corrected chi connectivity index (χ1v) is 7.77. The minimum Gasteiger partial charge on any atom is -0.292 e. The van der Waals surface area contributed by atoms with Crippen molar-refractivity contribution >= 4 is 16.6 Å². The first kappa shape index (κ1) is 14.3. The number of nitrogens with zero attached hydrogens (tertiary/aromatic N) is 3. The van der Waals surface area contributed by atoms with Gasteiger partial charge < -0.3 is 0 Å². The van der Waals surface area contributed by atoms with Gasteiger partial charge in [0.15, 0.2) is 5.78 Å². The van der Waals surface area contributed by atoms with Gasteiger partial charge in [-0.1, -0.05) is 71.9 Å². The second kappa shape index (κ2) is 6.08. The van der Waals surface area contributed by atoms with Gasteiger partial charge in [-0.15, -0.1) is 5.10 Å². The van der Waals surface area contributed by atoms with Gasteiger partial charge in [0.2, 0.25) is 0 Å². The number of benzene rings is 3. The van der Waals surface area contributed by atoms with Gasteiger partial charge in [-0.2, -0.15) is 0 Å². The highest BCUT2D eigenvalue weighted by Crippen LogP contribution is 2.17. The number of Topliss-reactive ketones (excluding diaryl/α,β-unsaturated/α-hetero) is 1. The minimum absolute atomic E-state index is 0.0188. The second-order valence-electron chi connectivity index (χ2n) is 5.65. The zero-order chi connectivity index (χ0) is 16.4. The summed E-state index contributed by atoms with van der Waals surface area (Å²) >= 11 is 0. The van der Waals surface area contributed by atoms with Gasteiger partial charge in [0.25, 0.3) is 0 Å². The Kier molecular flexibility index (Phi) is 3.63. The van der Waals surface area contributed by atoms with E-state index in [9.17, 15) is 4.79 Å². The molecule has 0 aliphatic carbocycles. The van der Waals surface area contributed by atoms with Crippen LogP contribution in [0.3, 0.4) is 0 Å². The zero-order valence-corrected chi connectivity index (χ0v) is 13.0. The number of hydrogen-bond donors (Lipinski definition) is 0. The number of rotatable bonds is 4. The molecule has 4 rings (SSSR count). The molecule has 0 aliphatic rings. The fourth-order valence-electron chi connectivity index (χ4n) is 2.72. The molecule has 0 amide bonds. The normalized spacial score (nSPS) is 10.8. The molecule has 24 heavy (non-hydrogen) atoms. The Hall–Kier alpha value is -3.27. The molecule has 0 atom stereocenters. The Morgan fingerprint density at radius 1 is 0.875 bits per heavy atom. The van der Waals surface area contributed by atoms with Crippen molar-refractivity contribution in [3.63, 3.8) is 0 Å².